The van der Waals surface area contributed by atoms with Gasteiger partial charge in [0.15, 0.2) is 6.20 Å². The van der Waals surface area contributed by atoms with Gasteiger partial charge in [-0.25, -0.2) is 0 Å². The number of thioether (sulfide) groups is 1. The van der Waals surface area contributed by atoms with Crippen molar-refractivity contribution >= 4 is 11.8 Å². The number of aryl methyl sites for hydroxylation is 2. The average Bonchev–Trinajstić information content (AvgIpc) is 2.38. The quantitative estimate of drug-likeness (QED) is 0.589. The van der Waals surface area contributed by atoms with Gasteiger partial charge in [-0.3, -0.25) is 0 Å². The lowest BCUT2D eigenvalue weighted by Crippen LogP contribution is -2.29. The van der Waals surface area contributed by atoms with Gasteiger partial charge >= 0.3 is 0 Å². The van der Waals surface area contributed by atoms with E-state index in [-0.39, 0.29) is 0 Å². The van der Waals surface area contributed by atoms with Crippen LogP contribution in [0.4, 0.5) is 0 Å². The molecule has 2 rings (SSSR count). The predicted molar refractivity (Wildman–Crippen MR) is 73.0 cm³/mol. The van der Waals surface area contributed by atoms with E-state index in [2.05, 4.69) is 67.2 Å². The highest BCUT2D eigenvalue weighted by Gasteiger charge is 2.05. The monoisotopic (exact) mass is 244 g/mol. The molecule has 1 aromatic carbocycles. The molecule has 88 valence electrons. The van der Waals surface area contributed by atoms with Gasteiger partial charge in [-0.15, -0.1) is 0 Å². The minimum atomic E-state index is 1.03. The van der Waals surface area contributed by atoms with E-state index < -0.39 is 0 Å². The van der Waals surface area contributed by atoms with E-state index in [4.69, 9.17) is 0 Å². The Morgan fingerprint density at radius 2 is 1.71 bits per heavy atom. The summed E-state index contributed by atoms with van der Waals surface area (Å²) in [4.78, 5) is 0. The summed E-state index contributed by atoms with van der Waals surface area (Å²) in [5.41, 5.74) is 2.79. The molecule has 1 heterocycles. The Bertz CT molecular complexity index is 477. The van der Waals surface area contributed by atoms with Crippen LogP contribution in [0.1, 0.15) is 18.1 Å². The highest BCUT2D eigenvalue weighted by molar-refractivity contribution is 7.98. The van der Waals surface area contributed by atoms with E-state index in [1.807, 2.05) is 11.8 Å². The zero-order valence-electron chi connectivity index (χ0n) is 10.4. The topological polar surface area (TPSA) is 3.88 Å². The molecule has 0 spiro atoms. The van der Waals surface area contributed by atoms with Crippen LogP contribution in [-0.2, 0) is 19.2 Å². The van der Waals surface area contributed by atoms with Gasteiger partial charge in [0.2, 0.25) is 5.03 Å². The minimum Gasteiger partial charge on any atom is -0.196 e. The molecule has 0 saturated carbocycles. The lowest BCUT2D eigenvalue weighted by molar-refractivity contribution is -0.708. The standard InChI is InChI=1S/C15H18NS/c1-3-13-7-9-14(10-8-13)12-17-15-6-4-5-11-16(15)2/h4-11H,3,12H2,1-2H3/q+1. The molecule has 2 heteroatoms. The Kier molecular flexibility index (Phi) is 4.21. The zero-order valence-corrected chi connectivity index (χ0v) is 11.2. The third kappa shape index (κ3) is 3.34. The van der Waals surface area contributed by atoms with Crippen molar-refractivity contribution in [3.63, 3.8) is 0 Å². The maximum absolute atomic E-state index is 2.23. The van der Waals surface area contributed by atoms with Crippen molar-refractivity contribution in [1.29, 1.82) is 0 Å². The largest absolute Gasteiger partial charge is 0.240 e. The van der Waals surface area contributed by atoms with Gasteiger partial charge in [-0.1, -0.05) is 43.0 Å². The average molecular weight is 244 g/mol. The van der Waals surface area contributed by atoms with Crippen LogP contribution in [0.15, 0.2) is 53.7 Å². The minimum absolute atomic E-state index is 1.03. The van der Waals surface area contributed by atoms with Crippen LogP contribution >= 0.6 is 11.8 Å². The van der Waals surface area contributed by atoms with Crippen LogP contribution in [0.5, 0.6) is 0 Å². The Hall–Kier alpha value is -1.28. The number of aromatic nitrogens is 1. The third-order valence-corrected chi connectivity index (χ3v) is 4.02. The molecule has 0 radical (unpaired) electrons. The second-order valence-corrected chi connectivity index (χ2v) is 5.10. The summed E-state index contributed by atoms with van der Waals surface area (Å²) in [6.07, 6.45) is 3.20. The number of hydrogen-bond acceptors (Lipinski definition) is 1. The fourth-order valence-electron chi connectivity index (χ4n) is 1.69. The lowest BCUT2D eigenvalue weighted by atomic mass is 10.1. The summed E-state index contributed by atoms with van der Waals surface area (Å²) in [6, 6.07) is 15.2. The summed E-state index contributed by atoms with van der Waals surface area (Å²) >= 11 is 1.88. The Morgan fingerprint density at radius 3 is 2.35 bits per heavy atom. The van der Waals surface area contributed by atoms with Crippen molar-refractivity contribution in [2.75, 3.05) is 0 Å². The first-order chi connectivity index (χ1) is 8.29. The lowest BCUT2D eigenvalue weighted by Gasteiger charge is -2.02. The summed E-state index contributed by atoms with van der Waals surface area (Å²) in [5.74, 6) is 1.03. The SMILES string of the molecule is CCc1ccc(CSc2cccc[n+]2C)cc1. The Morgan fingerprint density at radius 1 is 1.00 bits per heavy atom. The van der Waals surface area contributed by atoms with Crippen molar-refractivity contribution in [2.24, 2.45) is 7.05 Å². The molecular formula is C15H18NS+. The first kappa shape index (κ1) is 12.2. The molecular weight excluding hydrogens is 226 g/mol. The molecule has 17 heavy (non-hydrogen) atoms. The van der Waals surface area contributed by atoms with E-state index in [1.54, 1.807) is 0 Å². The molecule has 0 unspecified atom stereocenters. The fraction of sp³-hybridized carbons (Fsp3) is 0.267. The maximum atomic E-state index is 2.23. The van der Waals surface area contributed by atoms with E-state index in [0.717, 1.165) is 12.2 Å². The molecule has 0 aliphatic heterocycles. The van der Waals surface area contributed by atoms with Gasteiger partial charge in [-0.05, 0) is 23.6 Å². The van der Waals surface area contributed by atoms with Gasteiger partial charge in [0.05, 0.1) is 0 Å². The van der Waals surface area contributed by atoms with Crippen molar-refractivity contribution < 1.29 is 4.57 Å². The molecule has 1 nitrogen and oxygen atoms in total. The molecule has 1 aromatic heterocycles. The molecule has 0 aliphatic rings. The third-order valence-electron chi connectivity index (χ3n) is 2.83. The highest BCUT2D eigenvalue weighted by Crippen LogP contribution is 2.19. The Labute approximate surface area is 108 Å². The predicted octanol–water partition coefficient (Wildman–Crippen LogP) is 3.37. The second-order valence-electron chi connectivity index (χ2n) is 4.11. The van der Waals surface area contributed by atoms with Crippen molar-refractivity contribution in [2.45, 2.75) is 24.1 Å². The van der Waals surface area contributed by atoms with Crippen LogP contribution in [0, 0.1) is 0 Å². The summed E-state index contributed by atoms with van der Waals surface area (Å²) in [5, 5.41) is 1.30. The van der Waals surface area contributed by atoms with Crippen molar-refractivity contribution in [3.05, 3.63) is 59.8 Å². The van der Waals surface area contributed by atoms with Crippen LogP contribution in [0.2, 0.25) is 0 Å². The van der Waals surface area contributed by atoms with Crippen molar-refractivity contribution in [1.82, 2.24) is 0 Å². The number of hydrogen-bond donors (Lipinski definition) is 0. The van der Waals surface area contributed by atoms with Crippen LogP contribution in [-0.4, -0.2) is 0 Å². The highest BCUT2D eigenvalue weighted by atomic mass is 32.2. The van der Waals surface area contributed by atoms with Gasteiger partial charge in [-0.2, -0.15) is 4.57 Å². The summed E-state index contributed by atoms with van der Waals surface area (Å²) < 4.78 is 2.16. The fourth-order valence-corrected chi connectivity index (χ4v) is 2.63. The zero-order chi connectivity index (χ0) is 12.1. The molecule has 0 fully saturated rings. The molecule has 0 amide bonds. The summed E-state index contributed by atoms with van der Waals surface area (Å²) in [6.45, 7) is 2.19. The van der Waals surface area contributed by atoms with Gasteiger partial charge in [0.25, 0.3) is 0 Å². The molecule has 0 N–H and O–H groups in total. The van der Waals surface area contributed by atoms with Crippen LogP contribution in [0.3, 0.4) is 0 Å². The van der Waals surface area contributed by atoms with Crippen LogP contribution < -0.4 is 4.57 Å². The van der Waals surface area contributed by atoms with Gasteiger partial charge in [0, 0.05) is 17.9 Å². The number of rotatable bonds is 4. The molecule has 0 aliphatic carbocycles. The molecule has 2 aromatic rings. The van der Waals surface area contributed by atoms with E-state index in [0.29, 0.717) is 0 Å². The molecule has 0 atom stereocenters. The smallest absolute Gasteiger partial charge is 0.196 e. The van der Waals surface area contributed by atoms with Crippen molar-refractivity contribution in [3.8, 4) is 0 Å². The number of nitrogens with zero attached hydrogens (tertiary/aromatic N) is 1. The first-order valence-corrected chi connectivity index (χ1v) is 6.93. The number of benzene rings is 1. The normalized spacial score (nSPS) is 10.5. The summed E-state index contributed by atoms with van der Waals surface area (Å²) in [7, 11) is 2.09. The van der Waals surface area contributed by atoms with E-state index in [9.17, 15) is 0 Å². The van der Waals surface area contributed by atoms with E-state index >= 15 is 0 Å². The molecule has 0 bridgehead atoms. The maximum Gasteiger partial charge on any atom is 0.240 e. The molecule has 0 saturated heterocycles. The van der Waals surface area contributed by atoms with Crippen LogP contribution in [0.25, 0.3) is 0 Å². The van der Waals surface area contributed by atoms with Gasteiger partial charge < -0.3 is 0 Å². The second kappa shape index (κ2) is 5.87. The first-order valence-electron chi connectivity index (χ1n) is 5.95. The Balaban J connectivity index is 2.00. The van der Waals surface area contributed by atoms with Gasteiger partial charge in [0.1, 0.15) is 7.05 Å². The van der Waals surface area contributed by atoms with E-state index in [1.165, 1.54) is 16.2 Å². The number of pyridine rings is 1.